The van der Waals surface area contributed by atoms with E-state index >= 15 is 0 Å². The molecule has 0 aromatic heterocycles. The van der Waals surface area contributed by atoms with Gasteiger partial charge in [0.2, 0.25) is 11.8 Å². The molecule has 0 N–H and O–H groups in total. The third kappa shape index (κ3) is 5.34. The van der Waals surface area contributed by atoms with Crippen LogP contribution in [0.25, 0.3) is 0 Å². The van der Waals surface area contributed by atoms with Crippen molar-refractivity contribution >= 4 is 11.8 Å². The van der Waals surface area contributed by atoms with Crippen molar-refractivity contribution in [2.75, 3.05) is 40.4 Å². The molecule has 5 nitrogen and oxygen atoms in total. The number of allylic oxidation sites excluding steroid dienone is 1. The Balaban J connectivity index is 1.85. The van der Waals surface area contributed by atoms with Gasteiger partial charge in [0.05, 0.1) is 12.5 Å². The molecule has 1 aliphatic carbocycles. The molecule has 0 aromatic rings. The number of piperidine rings is 1. The van der Waals surface area contributed by atoms with E-state index < -0.39 is 0 Å². The van der Waals surface area contributed by atoms with E-state index in [2.05, 4.69) is 6.08 Å². The van der Waals surface area contributed by atoms with Crippen LogP contribution in [-0.2, 0) is 14.3 Å². The van der Waals surface area contributed by atoms with E-state index in [0.717, 1.165) is 32.2 Å². The molecular weight excluding hydrogens is 292 g/mol. The van der Waals surface area contributed by atoms with Crippen LogP contribution < -0.4 is 0 Å². The minimum absolute atomic E-state index is 0.0603. The average Bonchev–Trinajstić information content (AvgIpc) is 2.60. The van der Waals surface area contributed by atoms with Crippen molar-refractivity contribution in [2.24, 2.45) is 5.92 Å². The molecule has 2 amide bonds. The molecule has 0 saturated carbocycles. The van der Waals surface area contributed by atoms with Gasteiger partial charge in [0.25, 0.3) is 0 Å². The Morgan fingerprint density at radius 2 is 2.17 bits per heavy atom. The first-order chi connectivity index (χ1) is 11.1. The second kappa shape index (κ2) is 9.06. The van der Waals surface area contributed by atoms with Gasteiger partial charge in [0, 0.05) is 40.2 Å². The van der Waals surface area contributed by atoms with Crippen LogP contribution in [0.3, 0.4) is 0 Å². The van der Waals surface area contributed by atoms with Gasteiger partial charge in [0.15, 0.2) is 0 Å². The number of carbonyl (C=O) groups excluding carboxylic acids is 2. The van der Waals surface area contributed by atoms with Crippen molar-refractivity contribution in [3.63, 3.8) is 0 Å². The highest BCUT2D eigenvalue weighted by Gasteiger charge is 2.30. The van der Waals surface area contributed by atoms with Crippen molar-refractivity contribution in [3.05, 3.63) is 11.6 Å². The van der Waals surface area contributed by atoms with E-state index in [1.54, 1.807) is 12.0 Å². The number of rotatable bonds is 6. The highest BCUT2D eigenvalue weighted by atomic mass is 16.5. The standard InChI is InChI=1S/C18H30N2O3/c1-19(11-12-23-2)18(22)16-9-6-10-20(14-16)17(21)13-15-7-4-3-5-8-15/h7,16H,3-6,8-14H2,1-2H3. The lowest BCUT2D eigenvalue weighted by molar-refractivity contribution is -0.140. The second-order valence-corrected chi connectivity index (χ2v) is 6.72. The molecule has 2 rings (SSSR count). The summed E-state index contributed by atoms with van der Waals surface area (Å²) in [5.41, 5.74) is 1.28. The Hall–Kier alpha value is -1.36. The van der Waals surface area contributed by atoms with Crippen LogP contribution in [0.2, 0.25) is 0 Å². The van der Waals surface area contributed by atoms with Crippen LogP contribution >= 0.6 is 0 Å². The number of carbonyl (C=O) groups is 2. The summed E-state index contributed by atoms with van der Waals surface area (Å²) in [6.45, 7) is 2.51. The van der Waals surface area contributed by atoms with E-state index in [9.17, 15) is 9.59 Å². The third-order valence-corrected chi connectivity index (χ3v) is 4.89. The topological polar surface area (TPSA) is 49.9 Å². The molecule has 5 heteroatoms. The maximum atomic E-state index is 12.5. The maximum Gasteiger partial charge on any atom is 0.227 e. The molecule has 130 valence electrons. The van der Waals surface area contributed by atoms with Gasteiger partial charge in [-0.2, -0.15) is 0 Å². The number of hydrogen-bond donors (Lipinski definition) is 0. The lowest BCUT2D eigenvalue weighted by Gasteiger charge is -2.34. The lowest BCUT2D eigenvalue weighted by atomic mass is 9.94. The van der Waals surface area contributed by atoms with Gasteiger partial charge >= 0.3 is 0 Å². The molecule has 1 heterocycles. The lowest BCUT2D eigenvalue weighted by Crippen LogP contribution is -2.46. The Kier molecular flexibility index (Phi) is 7.09. The SMILES string of the molecule is COCCN(C)C(=O)C1CCCN(C(=O)CC2=CCCCC2)C1. The van der Waals surface area contributed by atoms with Crippen molar-refractivity contribution < 1.29 is 14.3 Å². The molecule has 0 bridgehead atoms. The molecule has 1 unspecified atom stereocenters. The number of methoxy groups -OCH3 is 1. The summed E-state index contributed by atoms with van der Waals surface area (Å²) >= 11 is 0. The Morgan fingerprint density at radius 1 is 1.35 bits per heavy atom. The van der Waals surface area contributed by atoms with Gasteiger partial charge in [-0.3, -0.25) is 9.59 Å². The van der Waals surface area contributed by atoms with Crippen LogP contribution in [0.1, 0.15) is 44.9 Å². The molecule has 0 spiro atoms. The van der Waals surface area contributed by atoms with Crippen molar-refractivity contribution in [1.29, 1.82) is 0 Å². The van der Waals surface area contributed by atoms with Crippen LogP contribution in [0.5, 0.6) is 0 Å². The molecule has 1 atom stereocenters. The quantitative estimate of drug-likeness (QED) is 0.705. The van der Waals surface area contributed by atoms with E-state index in [-0.39, 0.29) is 17.7 Å². The molecule has 0 radical (unpaired) electrons. The average molecular weight is 322 g/mol. The molecule has 1 aliphatic heterocycles. The molecule has 23 heavy (non-hydrogen) atoms. The largest absolute Gasteiger partial charge is 0.383 e. The first kappa shape index (κ1) is 18.0. The normalized spacial score (nSPS) is 21.7. The fourth-order valence-electron chi connectivity index (χ4n) is 3.43. The minimum Gasteiger partial charge on any atom is -0.383 e. The smallest absolute Gasteiger partial charge is 0.227 e. The van der Waals surface area contributed by atoms with Gasteiger partial charge in [-0.25, -0.2) is 0 Å². The van der Waals surface area contributed by atoms with E-state index in [4.69, 9.17) is 4.74 Å². The van der Waals surface area contributed by atoms with Crippen LogP contribution in [0, 0.1) is 5.92 Å². The summed E-state index contributed by atoms with van der Waals surface area (Å²) in [5, 5.41) is 0. The zero-order chi connectivity index (χ0) is 16.7. The fourth-order valence-corrected chi connectivity index (χ4v) is 3.43. The van der Waals surface area contributed by atoms with E-state index in [1.807, 2.05) is 11.9 Å². The Bertz CT molecular complexity index is 448. The molecular formula is C18H30N2O3. The van der Waals surface area contributed by atoms with Crippen molar-refractivity contribution in [3.8, 4) is 0 Å². The zero-order valence-electron chi connectivity index (χ0n) is 14.6. The zero-order valence-corrected chi connectivity index (χ0v) is 14.6. The summed E-state index contributed by atoms with van der Waals surface area (Å²) in [6, 6.07) is 0. The van der Waals surface area contributed by atoms with Gasteiger partial charge in [-0.15, -0.1) is 0 Å². The number of hydrogen-bond acceptors (Lipinski definition) is 3. The molecule has 1 fully saturated rings. The Labute approximate surface area is 139 Å². The van der Waals surface area contributed by atoms with E-state index in [0.29, 0.717) is 26.1 Å². The molecule has 0 aromatic carbocycles. The number of likely N-dealkylation sites (N-methyl/N-ethyl adjacent to an activating group) is 1. The summed E-state index contributed by atoms with van der Waals surface area (Å²) in [6.07, 6.45) is 9.17. The highest BCUT2D eigenvalue weighted by molar-refractivity contribution is 5.82. The van der Waals surface area contributed by atoms with Crippen molar-refractivity contribution in [1.82, 2.24) is 9.80 Å². The summed E-state index contributed by atoms with van der Waals surface area (Å²) in [7, 11) is 3.45. The van der Waals surface area contributed by atoms with Gasteiger partial charge < -0.3 is 14.5 Å². The summed E-state index contributed by atoms with van der Waals surface area (Å²) in [4.78, 5) is 28.6. The second-order valence-electron chi connectivity index (χ2n) is 6.72. The predicted octanol–water partition coefficient (Wildman–Crippen LogP) is 2.22. The number of amides is 2. The summed E-state index contributed by atoms with van der Waals surface area (Å²) < 4.78 is 5.03. The fraction of sp³-hybridized carbons (Fsp3) is 0.778. The molecule has 1 saturated heterocycles. The van der Waals surface area contributed by atoms with Crippen molar-refractivity contribution in [2.45, 2.75) is 44.9 Å². The van der Waals surface area contributed by atoms with Gasteiger partial charge in [-0.1, -0.05) is 11.6 Å². The first-order valence-corrected chi connectivity index (χ1v) is 8.81. The number of nitrogens with zero attached hydrogens (tertiary/aromatic N) is 2. The Morgan fingerprint density at radius 3 is 2.87 bits per heavy atom. The van der Waals surface area contributed by atoms with Gasteiger partial charge in [-0.05, 0) is 38.5 Å². The molecule has 2 aliphatic rings. The van der Waals surface area contributed by atoms with Gasteiger partial charge in [0.1, 0.15) is 0 Å². The third-order valence-electron chi connectivity index (χ3n) is 4.89. The van der Waals surface area contributed by atoms with E-state index in [1.165, 1.54) is 18.4 Å². The monoisotopic (exact) mass is 322 g/mol. The van der Waals surface area contributed by atoms with Crippen LogP contribution in [0.4, 0.5) is 0 Å². The maximum absolute atomic E-state index is 12.5. The minimum atomic E-state index is -0.0603. The van der Waals surface area contributed by atoms with Crippen LogP contribution in [0.15, 0.2) is 11.6 Å². The number of likely N-dealkylation sites (tertiary alicyclic amines) is 1. The first-order valence-electron chi connectivity index (χ1n) is 8.81. The summed E-state index contributed by atoms with van der Waals surface area (Å²) in [5.74, 6) is 0.265. The highest BCUT2D eigenvalue weighted by Crippen LogP contribution is 2.23. The van der Waals surface area contributed by atoms with Crippen LogP contribution in [-0.4, -0.2) is 62.0 Å². The predicted molar refractivity (Wildman–Crippen MR) is 90.0 cm³/mol. The number of ether oxygens (including phenoxy) is 1.